The van der Waals surface area contributed by atoms with Crippen LogP contribution in [0.4, 0.5) is 0 Å². The Hall–Kier alpha value is -1.48. The Morgan fingerprint density at radius 1 is 1.22 bits per heavy atom. The smallest absolute Gasteiger partial charge is 0.109 e. The standard InChI is InChI=1S/C15H22N2O/c1-4-17-13(10-15-6-5-9-18-15)7-8-14(17)11-16-12(2)3/h5-9,12,16H,4,10-11H2,1-3H3. The minimum absolute atomic E-state index is 0.513. The van der Waals surface area contributed by atoms with Crippen molar-refractivity contribution in [2.75, 3.05) is 0 Å². The molecule has 0 atom stereocenters. The molecule has 18 heavy (non-hydrogen) atoms. The highest BCUT2D eigenvalue weighted by Crippen LogP contribution is 2.15. The molecule has 2 heterocycles. The van der Waals surface area contributed by atoms with Crippen LogP contribution in [-0.2, 0) is 19.5 Å². The Bertz CT molecular complexity index is 469. The summed E-state index contributed by atoms with van der Waals surface area (Å²) < 4.78 is 7.77. The highest BCUT2D eigenvalue weighted by atomic mass is 16.3. The Morgan fingerprint density at radius 3 is 2.61 bits per heavy atom. The molecule has 2 rings (SSSR count). The predicted octanol–water partition coefficient (Wildman–Crippen LogP) is 3.19. The van der Waals surface area contributed by atoms with Crippen molar-refractivity contribution in [2.45, 2.75) is 46.3 Å². The van der Waals surface area contributed by atoms with Crippen molar-refractivity contribution in [3.8, 4) is 0 Å². The summed E-state index contributed by atoms with van der Waals surface area (Å²) in [4.78, 5) is 0. The molecule has 0 aliphatic carbocycles. The van der Waals surface area contributed by atoms with E-state index in [1.165, 1.54) is 11.4 Å². The van der Waals surface area contributed by atoms with Crippen molar-refractivity contribution in [1.29, 1.82) is 0 Å². The Morgan fingerprint density at radius 2 is 2.00 bits per heavy atom. The lowest BCUT2D eigenvalue weighted by Gasteiger charge is -2.13. The molecule has 0 spiro atoms. The molecule has 0 saturated heterocycles. The predicted molar refractivity (Wildman–Crippen MR) is 73.6 cm³/mol. The van der Waals surface area contributed by atoms with Crippen LogP contribution in [-0.4, -0.2) is 10.6 Å². The van der Waals surface area contributed by atoms with Gasteiger partial charge in [0.15, 0.2) is 0 Å². The first-order valence-corrected chi connectivity index (χ1v) is 6.63. The summed E-state index contributed by atoms with van der Waals surface area (Å²) in [6.07, 6.45) is 2.60. The van der Waals surface area contributed by atoms with Crippen LogP contribution in [0.1, 0.15) is 37.9 Å². The van der Waals surface area contributed by atoms with Crippen molar-refractivity contribution < 1.29 is 4.42 Å². The van der Waals surface area contributed by atoms with E-state index in [4.69, 9.17) is 4.42 Å². The van der Waals surface area contributed by atoms with E-state index in [2.05, 4.69) is 42.8 Å². The second-order valence-corrected chi connectivity index (χ2v) is 4.85. The number of aromatic nitrogens is 1. The maximum Gasteiger partial charge on any atom is 0.109 e. The quantitative estimate of drug-likeness (QED) is 0.848. The van der Waals surface area contributed by atoms with Crippen molar-refractivity contribution in [2.24, 2.45) is 0 Å². The minimum Gasteiger partial charge on any atom is -0.469 e. The lowest BCUT2D eigenvalue weighted by Crippen LogP contribution is -2.23. The molecule has 0 aromatic carbocycles. The largest absolute Gasteiger partial charge is 0.469 e. The van der Waals surface area contributed by atoms with Gasteiger partial charge in [0.05, 0.1) is 6.26 Å². The maximum absolute atomic E-state index is 5.42. The Balaban J connectivity index is 2.11. The van der Waals surface area contributed by atoms with Gasteiger partial charge in [-0.1, -0.05) is 13.8 Å². The van der Waals surface area contributed by atoms with E-state index in [1.807, 2.05) is 12.1 Å². The van der Waals surface area contributed by atoms with Crippen LogP contribution < -0.4 is 5.32 Å². The van der Waals surface area contributed by atoms with Gasteiger partial charge in [-0.25, -0.2) is 0 Å². The van der Waals surface area contributed by atoms with Crippen LogP contribution in [0, 0.1) is 0 Å². The average molecular weight is 246 g/mol. The van der Waals surface area contributed by atoms with Crippen molar-refractivity contribution in [1.82, 2.24) is 9.88 Å². The molecule has 0 bridgehead atoms. The fraction of sp³-hybridized carbons (Fsp3) is 0.467. The SMILES string of the molecule is CCn1c(CNC(C)C)ccc1Cc1ccco1. The van der Waals surface area contributed by atoms with E-state index < -0.39 is 0 Å². The van der Waals surface area contributed by atoms with E-state index in [0.717, 1.165) is 25.3 Å². The van der Waals surface area contributed by atoms with Gasteiger partial charge in [-0.3, -0.25) is 0 Å². The molecular weight excluding hydrogens is 224 g/mol. The van der Waals surface area contributed by atoms with Crippen LogP contribution in [0.25, 0.3) is 0 Å². The first-order chi connectivity index (χ1) is 8.70. The van der Waals surface area contributed by atoms with Gasteiger partial charge in [0, 0.05) is 36.9 Å². The first-order valence-electron chi connectivity index (χ1n) is 6.63. The zero-order chi connectivity index (χ0) is 13.0. The molecule has 0 aliphatic heterocycles. The van der Waals surface area contributed by atoms with Gasteiger partial charge in [0.25, 0.3) is 0 Å². The molecule has 3 heteroatoms. The molecule has 0 amide bonds. The number of hydrogen-bond donors (Lipinski definition) is 1. The summed E-state index contributed by atoms with van der Waals surface area (Å²) in [6.45, 7) is 8.44. The van der Waals surface area contributed by atoms with Crippen LogP contribution in [0.5, 0.6) is 0 Å². The second-order valence-electron chi connectivity index (χ2n) is 4.85. The third-order valence-corrected chi connectivity index (χ3v) is 3.10. The molecule has 1 N–H and O–H groups in total. The van der Waals surface area contributed by atoms with Gasteiger partial charge in [0.1, 0.15) is 5.76 Å². The highest BCUT2D eigenvalue weighted by molar-refractivity contribution is 5.21. The van der Waals surface area contributed by atoms with Crippen molar-refractivity contribution >= 4 is 0 Å². The Kier molecular flexibility index (Phi) is 4.26. The summed E-state index contributed by atoms with van der Waals surface area (Å²) >= 11 is 0. The van der Waals surface area contributed by atoms with Crippen LogP contribution in [0.3, 0.4) is 0 Å². The molecule has 0 saturated carbocycles. The fourth-order valence-electron chi connectivity index (χ4n) is 2.17. The summed E-state index contributed by atoms with van der Waals surface area (Å²) in [5.74, 6) is 1.02. The molecule has 0 radical (unpaired) electrons. The zero-order valence-corrected chi connectivity index (χ0v) is 11.4. The van der Waals surface area contributed by atoms with E-state index in [0.29, 0.717) is 6.04 Å². The molecule has 2 aromatic heterocycles. The van der Waals surface area contributed by atoms with E-state index in [1.54, 1.807) is 6.26 Å². The fourth-order valence-corrected chi connectivity index (χ4v) is 2.17. The average Bonchev–Trinajstić information content (AvgIpc) is 2.96. The molecule has 0 fully saturated rings. The third-order valence-electron chi connectivity index (χ3n) is 3.10. The van der Waals surface area contributed by atoms with Gasteiger partial charge in [0.2, 0.25) is 0 Å². The summed E-state index contributed by atoms with van der Waals surface area (Å²) in [7, 11) is 0. The van der Waals surface area contributed by atoms with Crippen LogP contribution in [0.2, 0.25) is 0 Å². The monoisotopic (exact) mass is 246 g/mol. The minimum atomic E-state index is 0.513. The van der Waals surface area contributed by atoms with Crippen LogP contribution >= 0.6 is 0 Å². The number of furan rings is 1. The van der Waals surface area contributed by atoms with E-state index in [-0.39, 0.29) is 0 Å². The number of nitrogens with one attached hydrogen (secondary N) is 1. The molecule has 98 valence electrons. The highest BCUT2D eigenvalue weighted by Gasteiger charge is 2.08. The van der Waals surface area contributed by atoms with Gasteiger partial charge in [-0.15, -0.1) is 0 Å². The van der Waals surface area contributed by atoms with Gasteiger partial charge in [-0.2, -0.15) is 0 Å². The molecule has 3 nitrogen and oxygen atoms in total. The molecule has 2 aromatic rings. The zero-order valence-electron chi connectivity index (χ0n) is 11.4. The number of nitrogens with zero attached hydrogens (tertiary/aromatic N) is 1. The Labute approximate surface area is 109 Å². The van der Waals surface area contributed by atoms with E-state index >= 15 is 0 Å². The molecular formula is C15H22N2O. The van der Waals surface area contributed by atoms with Crippen molar-refractivity contribution in [3.05, 3.63) is 47.7 Å². The van der Waals surface area contributed by atoms with Gasteiger partial charge < -0.3 is 14.3 Å². The van der Waals surface area contributed by atoms with Crippen molar-refractivity contribution in [3.63, 3.8) is 0 Å². The molecule has 0 unspecified atom stereocenters. The normalized spacial score (nSPS) is 11.3. The first kappa shape index (κ1) is 13.0. The number of rotatable bonds is 6. The summed E-state index contributed by atoms with van der Waals surface area (Å²) in [5.41, 5.74) is 2.65. The van der Waals surface area contributed by atoms with Gasteiger partial charge in [-0.05, 0) is 31.2 Å². The maximum atomic E-state index is 5.42. The lowest BCUT2D eigenvalue weighted by molar-refractivity contribution is 0.511. The van der Waals surface area contributed by atoms with Gasteiger partial charge >= 0.3 is 0 Å². The second kappa shape index (κ2) is 5.91. The third kappa shape index (κ3) is 3.05. The van der Waals surface area contributed by atoms with Crippen LogP contribution in [0.15, 0.2) is 34.9 Å². The number of hydrogen-bond acceptors (Lipinski definition) is 2. The van der Waals surface area contributed by atoms with E-state index in [9.17, 15) is 0 Å². The summed E-state index contributed by atoms with van der Waals surface area (Å²) in [6, 6.07) is 8.88. The topological polar surface area (TPSA) is 30.1 Å². The lowest BCUT2D eigenvalue weighted by atomic mass is 10.2. The molecule has 0 aliphatic rings. The summed E-state index contributed by atoms with van der Waals surface area (Å²) in [5, 5.41) is 3.46.